The Morgan fingerprint density at radius 1 is 1.11 bits per heavy atom. The number of aryl methyl sites for hydroxylation is 1. The van der Waals surface area contributed by atoms with E-state index in [9.17, 15) is 14.7 Å². The maximum Gasteiger partial charge on any atom is 0.339 e. The third kappa shape index (κ3) is 4.27. The Hall–Kier alpha value is -3.74. The monoisotopic (exact) mass is 367 g/mol. The van der Waals surface area contributed by atoms with Gasteiger partial charge in [0.2, 0.25) is 0 Å². The smallest absolute Gasteiger partial charge is 0.339 e. The highest BCUT2D eigenvalue weighted by atomic mass is 16.5. The lowest BCUT2D eigenvalue weighted by atomic mass is 10.1. The third-order valence-corrected chi connectivity index (χ3v) is 3.84. The number of aromatic hydroxyl groups is 1. The number of aromatic carboxylic acids is 1. The van der Waals surface area contributed by atoms with Crippen molar-refractivity contribution in [3.8, 4) is 11.5 Å². The lowest BCUT2D eigenvalue weighted by molar-refractivity contribution is 0.0693. The normalized spacial score (nSPS) is 10.4. The van der Waals surface area contributed by atoms with Crippen LogP contribution in [0, 0.1) is 6.92 Å². The van der Waals surface area contributed by atoms with Gasteiger partial charge < -0.3 is 24.7 Å². The number of carbonyl (C=O) groups is 2. The summed E-state index contributed by atoms with van der Waals surface area (Å²) in [5, 5.41) is 21.2. The van der Waals surface area contributed by atoms with Crippen molar-refractivity contribution >= 4 is 17.6 Å². The van der Waals surface area contributed by atoms with E-state index >= 15 is 0 Å². The van der Waals surface area contributed by atoms with Crippen LogP contribution in [0.2, 0.25) is 0 Å². The van der Waals surface area contributed by atoms with Crippen molar-refractivity contribution < 1.29 is 29.0 Å². The second kappa shape index (κ2) is 7.65. The number of benzene rings is 2. The highest BCUT2D eigenvalue weighted by Crippen LogP contribution is 2.23. The number of carboxylic acid groups (broad SMARTS) is 1. The van der Waals surface area contributed by atoms with Gasteiger partial charge in [0.25, 0.3) is 5.91 Å². The fourth-order valence-corrected chi connectivity index (χ4v) is 2.50. The molecule has 1 heterocycles. The second-order valence-electron chi connectivity index (χ2n) is 5.85. The van der Waals surface area contributed by atoms with Gasteiger partial charge in [-0.05, 0) is 42.8 Å². The van der Waals surface area contributed by atoms with Crippen LogP contribution >= 0.6 is 0 Å². The highest BCUT2D eigenvalue weighted by molar-refractivity contribution is 6.05. The maximum atomic E-state index is 12.5. The van der Waals surface area contributed by atoms with E-state index in [1.807, 2.05) is 31.2 Å². The van der Waals surface area contributed by atoms with Crippen molar-refractivity contribution in [2.45, 2.75) is 13.5 Å². The zero-order chi connectivity index (χ0) is 19.4. The molecule has 27 heavy (non-hydrogen) atoms. The van der Waals surface area contributed by atoms with Crippen LogP contribution in [-0.4, -0.2) is 22.1 Å². The predicted molar refractivity (Wildman–Crippen MR) is 97.2 cm³/mol. The first-order valence-corrected chi connectivity index (χ1v) is 8.07. The SMILES string of the molecule is Cc1cccc(OCc2occc2C(=O)Nc2ccc(C(=O)O)c(O)c2)c1. The molecule has 0 spiro atoms. The summed E-state index contributed by atoms with van der Waals surface area (Å²) in [5.74, 6) is -1.15. The number of rotatable bonds is 6. The minimum absolute atomic E-state index is 0.0718. The Morgan fingerprint density at radius 3 is 2.63 bits per heavy atom. The molecule has 138 valence electrons. The predicted octanol–water partition coefficient (Wildman–Crippen LogP) is 3.82. The Bertz CT molecular complexity index is 992. The molecule has 3 rings (SSSR count). The maximum absolute atomic E-state index is 12.5. The Labute approximate surface area is 154 Å². The molecule has 0 aliphatic heterocycles. The van der Waals surface area contributed by atoms with E-state index in [4.69, 9.17) is 14.3 Å². The average molecular weight is 367 g/mol. The number of hydrogen-bond donors (Lipinski definition) is 3. The number of nitrogens with one attached hydrogen (secondary N) is 1. The van der Waals surface area contributed by atoms with Gasteiger partial charge in [0.1, 0.15) is 23.7 Å². The molecule has 0 atom stereocenters. The molecule has 0 aliphatic rings. The van der Waals surface area contributed by atoms with Crippen molar-refractivity contribution in [1.29, 1.82) is 0 Å². The number of anilines is 1. The molecule has 3 N–H and O–H groups in total. The molecule has 0 fully saturated rings. The van der Waals surface area contributed by atoms with Gasteiger partial charge >= 0.3 is 5.97 Å². The van der Waals surface area contributed by atoms with Crippen LogP contribution in [0.25, 0.3) is 0 Å². The third-order valence-electron chi connectivity index (χ3n) is 3.84. The van der Waals surface area contributed by atoms with Gasteiger partial charge in [-0.3, -0.25) is 4.79 Å². The lowest BCUT2D eigenvalue weighted by Gasteiger charge is -2.09. The molecular weight excluding hydrogens is 350 g/mol. The second-order valence-corrected chi connectivity index (χ2v) is 5.85. The molecule has 0 radical (unpaired) electrons. The zero-order valence-electron chi connectivity index (χ0n) is 14.4. The molecule has 7 nitrogen and oxygen atoms in total. The summed E-state index contributed by atoms with van der Waals surface area (Å²) in [7, 11) is 0. The van der Waals surface area contributed by atoms with Crippen molar-refractivity contribution in [3.63, 3.8) is 0 Å². The molecule has 0 unspecified atom stereocenters. The number of amides is 1. The summed E-state index contributed by atoms with van der Waals surface area (Å²) < 4.78 is 11.0. The minimum atomic E-state index is -1.25. The Kier molecular flexibility index (Phi) is 5.12. The van der Waals surface area contributed by atoms with Gasteiger partial charge in [-0.25, -0.2) is 4.79 Å². The molecule has 1 amide bonds. The van der Waals surface area contributed by atoms with Crippen LogP contribution in [0.1, 0.15) is 32.0 Å². The van der Waals surface area contributed by atoms with E-state index < -0.39 is 17.6 Å². The quantitative estimate of drug-likeness (QED) is 0.611. The summed E-state index contributed by atoms with van der Waals surface area (Å²) in [6.45, 7) is 2.02. The van der Waals surface area contributed by atoms with Crippen molar-refractivity contribution in [2.24, 2.45) is 0 Å². The standard InChI is InChI=1S/C20H17NO6/c1-12-3-2-4-14(9-12)27-11-18-16(7-8-26-18)19(23)21-13-5-6-15(20(24)25)17(22)10-13/h2-10,22H,11H2,1H3,(H,21,23)(H,24,25). The van der Waals surface area contributed by atoms with Crippen molar-refractivity contribution in [3.05, 3.63) is 77.2 Å². The van der Waals surface area contributed by atoms with E-state index in [-0.39, 0.29) is 23.4 Å². The highest BCUT2D eigenvalue weighted by Gasteiger charge is 2.17. The van der Waals surface area contributed by atoms with Crippen LogP contribution < -0.4 is 10.1 Å². The van der Waals surface area contributed by atoms with Gasteiger partial charge in [0.05, 0.1) is 11.8 Å². The minimum Gasteiger partial charge on any atom is -0.507 e. The van der Waals surface area contributed by atoms with Crippen molar-refractivity contribution in [2.75, 3.05) is 5.32 Å². The summed E-state index contributed by atoms with van der Waals surface area (Å²) in [5.41, 5.74) is 1.34. The van der Waals surface area contributed by atoms with Gasteiger partial charge in [0.15, 0.2) is 5.76 Å². The molecule has 0 saturated heterocycles. The van der Waals surface area contributed by atoms with Crippen LogP contribution in [0.5, 0.6) is 11.5 Å². The molecular formula is C20H17NO6. The summed E-state index contributed by atoms with van der Waals surface area (Å²) >= 11 is 0. The largest absolute Gasteiger partial charge is 0.507 e. The summed E-state index contributed by atoms with van der Waals surface area (Å²) in [4.78, 5) is 23.4. The van der Waals surface area contributed by atoms with Gasteiger partial charge in [-0.2, -0.15) is 0 Å². The summed E-state index contributed by atoms with van der Waals surface area (Å²) in [6.07, 6.45) is 1.38. The van der Waals surface area contributed by atoms with E-state index in [0.717, 1.165) is 5.56 Å². The fourth-order valence-electron chi connectivity index (χ4n) is 2.50. The number of furan rings is 1. The molecule has 0 bridgehead atoms. The zero-order valence-corrected chi connectivity index (χ0v) is 14.4. The topological polar surface area (TPSA) is 109 Å². The average Bonchev–Trinajstić information content (AvgIpc) is 3.08. The van der Waals surface area contributed by atoms with Gasteiger partial charge in [-0.15, -0.1) is 0 Å². The number of carboxylic acids is 1. The van der Waals surface area contributed by atoms with Crippen LogP contribution in [-0.2, 0) is 6.61 Å². The molecule has 2 aromatic carbocycles. The number of hydrogen-bond acceptors (Lipinski definition) is 5. The fraction of sp³-hybridized carbons (Fsp3) is 0.100. The molecule has 1 aromatic heterocycles. The first-order valence-electron chi connectivity index (χ1n) is 8.07. The van der Waals surface area contributed by atoms with E-state index in [0.29, 0.717) is 11.5 Å². The number of ether oxygens (including phenoxy) is 1. The van der Waals surface area contributed by atoms with Crippen molar-refractivity contribution in [1.82, 2.24) is 0 Å². The molecule has 0 aliphatic carbocycles. The number of phenols is 1. The van der Waals surface area contributed by atoms with Crippen LogP contribution in [0.3, 0.4) is 0 Å². The van der Waals surface area contributed by atoms with E-state index in [2.05, 4.69) is 5.32 Å². The van der Waals surface area contributed by atoms with E-state index in [1.165, 1.54) is 30.5 Å². The van der Waals surface area contributed by atoms with E-state index in [1.54, 1.807) is 0 Å². The Morgan fingerprint density at radius 2 is 1.93 bits per heavy atom. The van der Waals surface area contributed by atoms with Gasteiger partial charge in [-0.1, -0.05) is 12.1 Å². The molecule has 3 aromatic rings. The molecule has 7 heteroatoms. The van der Waals surface area contributed by atoms with Gasteiger partial charge in [0, 0.05) is 11.8 Å². The first-order chi connectivity index (χ1) is 12.9. The lowest BCUT2D eigenvalue weighted by Crippen LogP contribution is -2.14. The Balaban J connectivity index is 1.70. The molecule has 0 saturated carbocycles. The number of carbonyl (C=O) groups excluding carboxylic acids is 1. The van der Waals surface area contributed by atoms with Crippen LogP contribution in [0.15, 0.2) is 59.2 Å². The first kappa shape index (κ1) is 18.1. The van der Waals surface area contributed by atoms with Crippen LogP contribution in [0.4, 0.5) is 5.69 Å². The summed E-state index contributed by atoms with van der Waals surface area (Å²) in [6, 6.07) is 12.8.